The van der Waals surface area contributed by atoms with E-state index in [9.17, 15) is 4.79 Å². The largest absolute Gasteiger partial charge is 0.327 e. The number of hydrogen-bond acceptors (Lipinski definition) is 2. The molecule has 0 aliphatic rings. The fourth-order valence-electron chi connectivity index (χ4n) is 2.49. The minimum atomic E-state index is -0.265. The highest BCUT2D eigenvalue weighted by molar-refractivity contribution is 5.89. The number of nitrogens with one attached hydrogen (secondary N) is 2. The molecular weight excluding hydrogens is 298 g/mol. The SMILES string of the molecule is Cc1ccc(NC(=O)NC(c2ccccc2)c2ccccc2)cn1. The Morgan fingerprint density at radius 2 is 1.46 bits per heavy atom. The van der Waals surface area contributed by atoms with Crippen LogP contribution in [0.5, 0.6) is 0 Å². The van der Waals surface area contributed by atoms with Gasteiger partial charge < -0.3 is 10.6 Å². The first kappa shape index (κ1) is 15.7. The van der Waals surface area contributed by atoms with Gasteiger partial charge in [-0.15, -0.1) is 0 Å². The van der Waals surface area contributed by atoms with Crippen molar-refractivity contribution in [1.82, 2.24) is 10.3 Å². The topological polar surface area (TPSA) is 54.0 Å². The third-order valence-corrected chi connectivity index (χ3v) is 3.71. The van der Waals surface area contributed by atoms with E-state index in [0.29, 0.717) is 5.69 Å². The summed E-state index contributed by atoms with van der Waals surface area (Å²) in [5, 5.41) is 5.86. The zero-order valence-electron chi connectivity index (χ0n) is 13.4. The number of nitrogens with zero attached hydrogens (tertiary/aromatic N) is 1. The second-order valence-corrected chi connectivity index (χ2v) is 5.54. The number of aryl methyl sites for hydroxylation is 1. The number of rotatable bonds is 4. The van der Waals surface area contributed by atoms with E-state index in [0.717, 1.165) is 16.8 Å². The van der Waals surface area contributed by atoms with Crippen LogP contribution in [0.15, 0.2) is 79.0 Å². The standard InChI is InChI=1S/C20H19N3O/c1-15-12-13-18(14-21-15)22-20(24)23-19(16-8-4-2-5-9-16)17-10-6-3-7-11-17/h2-14,19H,1H3,(H2,22,23,24). The molecule has 0 unspecified atom stereocenters. The Morgan fingerprint density at radius 1 is 0.875 bits per heavy atom. The van der Waals surface area contributed by atoms with E-state index in [1.807, 2.05) is 79.7 Å². The summed E-state index contributed by atoms with van der Waals surface area (Å²) in [6.45, 7) is 1.91. The van der Waals surface area contributed by atoms with Gasteiger partial charge in [0.1, 0.15) is 0 Å². The summed E-state index contributed by atoms with van der Waals surface area (Å²) >= 11 is 0. The summed E-state index contributed by atoms with van der Waals surface area (Å²) in [6, 6.07) is 23.0. The molecule has 2 amide bonds. The Morgan fingerprint density at radius 3 is 1.96 bits per heavy atom. The molecule has 3 rings (SSSR count). The van der Waals surface area contributed by atoms with Gasteiger partial charge in [-0.05, 0) is 30.2 Å². The van der Waals surface area contributed by atoms with Crippen molar-refractivity contribution >= 4 is 11.7 Å². The van der Waals surface area contributed by atoms with Crippen molar-refractivity contribution in [3.05, 3.63) is 95.8 Å². The van der Waals surface area contributed by atoms with E-state index in [-0.39, 0.29) is 12.1 Å². The van der Waals surface area contributed by atoms with Crippen LogP contribution in [-0.4, -0.2) is 11.0 Å². The van der Waals surface area contributed by atoms with Gasteiger partial charge in [0, 0.05) is 5.69 Å². The average molecular weight is 317 g/mol. The van der Waals surface area contributed by atoms with E-state index in [1.54, 1.807) is 6.20 Å². The van der Waals surface area contributed by atoms with Gasteiger partial charge in [-0.25, -0.2) is 4.79 Å². The fourth-order valence-corrected chi connectivity index (χ4v) is 2.49. The lowest BCUT2D eigenvalue weighted by molar-refractivity contribution is 0.250. The lowest BCUT2D eigenvalue weighted by Crippen LogP contribution is -2.33. The van der Waals surface area contributed by atoms with E-state index in [4.69, 9.17) is 0 Å². The molecule has 0 saturated carbocycles. The van der Waals surface area contributed by atoms with Crippen LogP contribution in [0.3, 0.4) is 0 Å². The lowest BCUT2D eigenvalue weighted by Gasteiger charge is -2.20. The summed E-state index contributed by atoms with van der Waals surface area (Å²) in [4.78, 5) is 16.6. The Bertz CT molecular complexity index is 747. The van der Waals surface area contributed by atoms with Crippen molar-refractivity contribution in [2.75, 3.05) is 5.32 Å². The number of aromatic nitrogens is 1. The molecule has 0 saturated heterocycles. The van der Waals surface area contributed by atoms with Crippen LogP contribution in [0, 0.1) is 6.92 Å². The number of urea groups is 1. The van der Waals surface area contributed by atoms with Crippen LogP contribution < -0.4 is 10.6 Å². The van der Waals surface area contributed by atoms with Crippen LogP contribution in [0.25, 0.3) is 0 Å². The molecule has 3 aromatic rings. The van der Waals surface area contributed by atoms with Crippen molar-refractivity contribution in [2.24, 2.45) is 0 Å². The third kappa shape index (κ3) is 3.98. The molecule has 1 heterocycles. The van der Waals surface area contributed by atoms with E-state index >= 15 is 0 Å². The molecule has 2 aromatic carbocycles. The summed E-state index contributed by atoms with van der Waals surface area (Å²) in [5.74, 6) is 0. The summed E-state index contributed by atoms with van der Waals surface area (Å²) < 4.78 is 0. The number of benzene rings is 2. The molecule has 2 N–H and O–H groups in total. The van der Waals surface area contributed by atoms with Crippen molar-refractivity contribution < 1.29 is 4.79 Å². The van der Waals surface area contributed by atoms with E-state index < -0.39 is 0 Å². The van der Waals surface area contributed by atoms with Crippen molar-refractivity contribution in [3.63, 3.8) is 0 Å². The predicted octanol–water partition coefficient (Wildman–Crippen LogP) is 4.30. The summed E-state index contributed by atoms with van der Waals surface area (Å²) in [6.07, 6.45) is 1.65. The van der Waals surface area contributed by atoms with Crippen LogP contribution in [0.2, 0.25) is 0 Å². The van der Waals surface area contributed by atoms with Gasteiger partial charge in [-0.1, -0.05) is 60.7 Å². The van der Waals surface area contributed by atoms with Gasteiger partial charge >= 0.3 is 6.03 Å². The fraction of sp³-hybridized carbons (Fsp3) is 0.100. The minimum absolute atomic E-state index is 0.217. The maximum Gasteiger partial charge on any atom is 0.320 e. The molecule has 120 valence electrons. The number of amides is 2. The zero-order chi connectivity index (χ0) is 16.8. The maximum atomic E-state index is 12.4. The summed E-state index contributed by atoms with van der Waals surface area (Å²) in [5.41, 5.74) is 3.63. The highest BCUT2D eigenvalue weighted by Gasteiger charge is 2.16. The molecule has 4 heteroatoms. The number of anilines is 1. The molecule has 0 radical (unpaired) electrons. The first-order valence-electron chi connectivity index (χ1n) is 7.82. The van der Waals surface area contributed by atoms with E-state index in [1.165, 1.54) is 0 Å². The normalized spacial score (nSPS) is 10.4. The second-order valence-electron chi connectivity index (χ2n) is 5.54. The molecule has 0 fully saturated rings. The van der Waals surface area contributed by atoms with Crippen LogP contribution >= 0.6 is 0 Å². The van der Waals surface area contributed by atoms with Crippen molar-refractivity contribution in [2.45, 2.75) is 13.0 Å². The monoisotopic (exact) mass is 317 g/mol. The molecular formula is C20H19N3O. The number of pyridine rings is 1. The molecule has 4 nitrogen and oxygen atoms in total. The Hall–Kier alpha value is -3.14. The minimum Gasteiger partial charge on any atom is -0.327 e. The molecule has 24 heavy (non-hydrogen) atoms. The zero-order valence-corrected chi connectivity index (χ0v) is 13.4. The van der Waals surface area contributed by atoms with Crippen molar-refractivity contribution in [3.8, 4) is 0 Å². The smallest absolute Gasteiger partial charge is 0.320 e. The molecule has 0 aliphatic carbocycles. The Kier molecular flexibility index (Phi) is 4.87. The first-order valence-corrected chi connectivity index (χ1v) is 7.82. The molecule has 0 atom stereocenters. The van der Waals surface area contributed by atoms with Gasteiger partial charge in [0.2, 0.25) is 0 Å². The van der Waals surface area contributed by atoms with E-state index in [2.05, 4.69) is 15.6 Å². The maximum absolute atomic E-state index is 12.4. The number of hydrogen-bond donors (Lipinski definition) is 2. The molecule has 0 bridgehead atoms. The summed E-state index contributed by atoms with van der Waals surface area (Å²) in [7, 11) is 0. The van der Waals surface area contributed by atoms with Gasteiger partial charge in [0.25, 0.3) is 0 Å². The van der Waals surface area contributed by atoms with Crippen LogP contribution in [0.1, 0.15) is 22.9 Å². The van der Waals surface area contributed by atoms with Crippen LogP contribution in [-0.2, 0) is 0 Å². The lowest BCUT2D eigenvalue weighted by atomic mass is 9.99. The molecule has 1 aromatic heterocycles. The number of carbonyl (C=O) groups is 1. The van der Waals surface area contributed by atoms with Gasteiger partial charge in [0.05, 0.1) is 17.9 Å². The number of carbonyl (C=O) groups excluding carboxylic acids is 1. The van der Waals surface area contributed by atoms with Gasteiger partial charge in [0.15, 0.2) is 0 Å². The van der Waals surface area contributed by atoms with Crippen LogP contribution in [0.4, 0.5) is 10.5 Å². The Labute approximate surface area is 141 Å². The van der Waals surface area contributed by atoms with Gasteiger partial charge in [-0.3, -0.25) is 4.98 Å². The third-order valence-electron chi connectivity index (χ3n) is 3.71. The Balaban J connectivity index is 1.79. The average Bonchev–Trinajstić information content (AvgIpc) is 2.63. The highest BCUT2D eigenvalue weighted by Crippen LogP contribution is 2.21. The highest BCUT2D eigenvalue weighted by atomic mass is 16.2. The van der Waals surface area contributed by atoms with Crippen molar-refractivity contribution in [1.29, 1.82) is 0 Å². The quantitative estimate of drug-likeness (QED) is 0.753. The predicted molar refractivity (Wildman–Crippen MR) is 95.9 cm³/mol. The second kappa shape index (κ2) is 7.42. The molecule has 0 aliphatic heterocycles. The van der Waals surface area contributed by atoms with Gasteiger partial charge in [-0.2, -0.15) is 0 Å². The molecule has 0 spiro atoms. The first-order chi connectivity index (χ1) is 11.7.